The van der Waals surface area contributed by atoms with Gasteiger partial charge in [-0.15, -0.1) is 0 Å². The summed E-state index contributed by atoms with van der Waals surface area (Å²) < 4.78 is 11.4. The fourth-order valence-corrected chi connectivity index (χ4v) is 3.17. The number of rotatable bonds is 3. The Hall–Kier alpha value is -0.970. The van der Waals surface area contributed by atoms with E-state index in [4.69, 9.17) is 9.47 Å². The molecular formula is C15H22N2O2. The van der Waals surface area contributed by atoms with Crippen LogP contribution in [-0.4, -0.2) is 48.4 Å². The zero-order chi connectivity index (χ0) is 13.1. The molecule has 1 aromatic heterocycles. The van der Waals surface area contributed by atoms with Gasteiger partial charge >= 0.3 is 0 Å². The van der Waals surface area contributed by atoms with E-state index in [2.05, 4.69) is 16.0 Å². The third kappa shape index (κ3) is 2.96. The van der Waals surface area contributed by atoms with Crippen molar-refractivity contribution in [1.82, 2.24) is 9.88 Å². The Morgan fingerprint density at radius 3 is 2.95 bits per heavy atom. The molecule has 1 atom stereocenters. The smallest absolute Gasteiger partial charge is 0.0832 e. The Balaban J connectivity index is 1.53. The van der Waals surface area contributed by atoms with Crippen molar-refractivity contribution in [2.45, 2.75) is 37.5 Å². The number of likely N-dealkylation sites (tertiary alicyclic amines) is 1. The van der Waals surface area contributed by atoms with Gasteiger partial charge in [-0.05, 0) is 24.5 Å². The van der Waals surface area contributed by atoms with Crippen LogP contribution in [0.5, 0.6) is 0 Å². The van der Waals surface area contributed by atoms with Crippen molar-refractivity contribution in [3.05, 3.63) is 30.1 Å². The molecule has 3 heterocycles. The van der Waals surface area contributed by atoms with Crippen LogP contribution in [0.3, 0.4) is 0 Å². The highest BCUT2D eigenvalue weighted by molar-refractivity contribution is 5.08. The van der Waals surface area contributed by atoms with Crippen LogP contribution >= 0.6 is 0 Å². The van der Waals surface area contributed by atoms with Crippen LogP contribution in [0.4, 0.5) is 0 Å². The van der Waals surface area contributed by atoms with Crippen molar-refractivity contribution in [2.75, 3.05) is 26.8 Å². The number of nitrogens with zero attached hydrogens (tertiary/aromatic N) is 2. The summed E-state index contributed by atoms with van der Waals surface area (Å²) in [5.74, 6) is 0. The van der Waals surface area contributed by atoms with Crippen LogP contribution in [0, 0.1) is 0 Å². The Morgan fingerprint density at radius 1 is 1.47 bits per heavy atom. The number of pyridine rings is 1. The summed E-state index contributed by atoms with van der Waals surface area (Å²) >= 11 is 0. The highest BCUT2D eigenvalue weighted by atomic mass is 16.6. The number of ether oxygens (including phenoxy) is 2. The third-order valence-electron chi connectivity index (χ3n) is 4.40. The van der Waals surface area contributed by atoms with Gasteiger partial charge in [0, 0.05) is 45.6 Å². The number of hydrogen-bond donors (Lipinski definition) is 0. The van der Waals surface area contributed by atoms with Crippen LogP contribution in [0.2, 0.25) is 0 Å². The van der Waals surface area contributed by atoms with Crippen molar-refractivity contribution < 1.29 is 9.47 Å². The lowest BCUT2D eigenvalue weighted by Crippen LogP contribution is -2.43. The first-order valence-electron chi connectivity index (χ1n) is 7.08. The molecule has 2 saturated heterocycles. The summed E-state index contributed by atoms with van der Waals surface area (Å²) in [5, 5.41) is 0. The van der Waals surface area contributed by atoms with Crippen molar-refractivity contribution >= 4 is 0 Å². The summed E-state index contributed by atoms with van der Waals surface area (Å²) in [6.45, 7) is 3.97. The van der Waals surface area contributed by atoms with E-state index in [1.807, 2.05) is 18.5 Å². The molecule has 2 aliphatic rings. The fourth-order valence-electron chi connectivity index (χ4n) is 3.17. The lowest BCUT2D eigenvalue weighted by Gasteiger charge is -2.38. The van der Waals surface area contributed by atoms with Crippen LogP contribution in [0.15, 0.2) is 24.5 Å². The molecule has 4 nitrogen and oxygen atoms in total. The number of methoxy groups -OCH3 is 1. The second-order valence-electron chi connectivity index (χ2n) is 5.69. The zero-order valence-electron chi connectivity index (χ0n) is 11.5. The van der Waals surface area contributed by atoms with Crippen LogP contribution in [-0.2, 0) is 16.0 Å². The first kappa shape index (κ1) is 13.0. The van der Waals surface area contributed by atoms with E-state index >= 15 is 0 Å². The molecule has 2 aliphatic heterocycles. The summed E-state index contributed by atoms with van der Waals surface area (Å²) in [7, 11) is 1.78. The Kier molecular flexibility index (Phi) is 3.82. The van der Waals surface area contributed by atoms with Crippen molar-refractivity contribution in [2.24, 2.45) is 0 Å². The highest BCUT2D eigenvalue weighted by Gasteiger charge is 2.42. The molecule has 19 heavy (non-hydrogen) atoms. The molecule has 1 aromatic rings. The van der Waals surface area contributed by atoms with E-state index in [0.29, 0.717) is 6.10 Å². The van der Waals surface area contributed by atoms with Gasteiger partial charge in [0.25, 0.3) is 0 Å². The normalized spacial score (nSPS) is 26.9. The van der Waals surface area contributed by atoms with Gasteiger partial charge in [0.1, 0.15) is 0 Å². The molecule has 1 spiro atoms. The largest absolute Gasteiger partial charge is 0.379 e. The quantitative estimate of drug-likeness (QED) is 0.832. The molecule has 0 N–H and O–H groups in total. The van der Waals surface area contributed by atoms with Gasteiger partial charge < -0.3 is 9.47 Å². The van der Waals surface area contributed by atoms with Crippen molar-refractivity contribution in [3.63, 3.8) is 0 Å². The molecule has 2 fully saturated rings. The lowest BCUT2D eigenvalue weighted by molar-refractivity contribution is -0.0460. The molecule has 104 valence electrons. The molecule has 0 saturated carbocycles. The van der Waals surface area contributed by atoms with Gasteiger partial charge in [0.15, 0.2) is 0 Å². The van der Waals surface area contributed by atoms with Crippen molar-refractivity contribution in [3.8, 4) is 0 Å². The van der Waals surface area contributed by atoms with Gasteiger partial charge in [-0.1, -0.05) is 6.07 Å². The van der Waals surface area contributed by atoms with E-state index in [0.717, 1.165) is 45.5 Å². The standard InChI is InChI=1S/C15H22N2O2/c1-18-14-9-15(19-12-14)4-7-17(8-5-15)11-13-3-2-6-16-10-13/h2-3,6,10,14H,4-5,7-9,11-12H2,1H3. The van der Waals surface area contributed by atoms with Gasteiger partial charge in [-0.2, -0.15) is 0 Å². The molecule has 0 radical (unpaired) electrons. The lowest BCUT2D eigenvalue weighted by atomic mass is 9.88. The first-order valence-corrected chi connectivity index (χ1v) is 7.08. The topological polar surface area (TPSA) is 34.6 Å². The summed E-state index contributed by atoms with van der Waals surface area (Å²) in [4.78, 5) is 6.67. The summed E-state index contributed by atoms with van der Waals surface area (Å²) in [6, 6.07) is 4.15. The summed E-state index contributed by atoms with van der Waals surface area (Å²) in [6.07, 6.45) is 7.37. The summed E-state index contributed by atoms with van der Waals surface area (Å²) in [5.41, 5.74) is 1.38. The minimum Gasteiger partial charge on any atom is -0.379 e. The maximum atomic E-state index is 6.02. The van der Waals surface area contributed by atoms with E-state index in [-0.39, 0.29) is 5.60 Å². The molecule has 3 rings (SSSR count). The van der Waals surface area contributed by atoms with Gasteiger partial charge in [0.2, 0.25) is 0 Å². The Morgan fingerprint density at radius 2 is 2.32 bits per heavy atom. The number of piperidine rings is 1. The van der Waals surface area contributed by atoms with Gasteiger partial charge in [-0.3, -0.25) is 9.88 Å². The molecule has 0 aromatic carbocycles. The Bertz CT molecular complexity index is 402. The highest BCUT2D eigenvalue weighted by Crippen LogP contribution is 2.36. The van der Waals surface area contributed by atoms with Crippen LogP contribution in [0.1, 0.15) is 24.8 Å². The first-order chi connectivity index (χ1) is 9.30. The average Bonchev–Trinajstić information content (AvgIpc) is 2.86. The van der Waals surface area contributed by atoms with E-state index in [1.165, 1.54) is 5.56 Å². The minimum atomic E-state index is 0.0894. The number of aromatic nitrogens is 1. The second kappa shape index (κ2) is 5.57. The predicted octanol–water partition coefficient (Wildman–Crippen LogP) is 1.85. The van der Waals surface area contributed by atoms with E-state index in [1.54, 1.807) is 7.11 Å². The maximum Gasteiger partial charge on any atom is 0.0832 e. The van der Waals surface area contributed by atoms with Crippen molar-refractivity contribution in [1.29, 1.82) is 0 Å². The van der Waals surface area contributed by atoms with E-state index < -0.39 is 0 Å². The monoisotopic (exact) mass is 262 g/mol. The van der Waals surface area contributed by atoms with Crippen LogP contribution in [0.25, 0.3) is 0 Å². The molecule has 4 heteroatoms. The van der Waals surface area contributed by atoms with Crippen LogP contribution < -0.4 is 0 Å². The molecule has 0 aliphatic carbocycles. The minimum absolute atomic E-state index is 0.0894. The molecule has 1 unspecified atom stereocenters. The third-order valence-corrected chi connectivity index (χ3v) is 4.40. The SMILES string of the molecule is COC1COC2(CCN(Cc3cccnc3)CC2)C1. The average molecular weight is 262 g/mol. The second-order valence-corrected chi connectivity index (χ2v) is 5.69. The maximum absolute atomic E-state index is 6.02. The van der Waals surface area contributed by atoms with E-state index in [9.17, 15) is 0 Å². The molecule has 0 bridgehead atoms. The van der Waals surface area contributed by atoms with Gasteiger partial charge in [0.05, 0.1) is 18.3 Å². The number of hydrogen-bond acceptors (Lipinski definition) is 4. The Labute approximate surface area is 114 Å². The molecular weight excluding hydrogens is 240 g/mol. The molecule has 0 amide bonds. The van der Waals surface area contributed by atoms with Gasteiger partial charge in [-0.25, -0.2) is 0 Å². The zero-order valence-corrected chi connectivity index (χ0v) is 11.5. The predicted molar refractivity (Wildman–Crippen MR) is 72.8 cm³/mol. The fraction of sp³-hybridized carbons (Fsp3) is 0.667.